The van der Waals surface area contributed by atoms with Crippen molar-refractivity contribution in [3.05, 3.63) is 12.2 Å². The Morgan fingerprint density at radius 3 is 0.979 bits per heavy atom. The van der Waals surface area contributed by atoms with E-state index in [0.717, 1.165) is 36.2 Å². The Morgan fingerprint density at radius 2 is 0.938 bits per heavy atom. The van der Waals surface area contributed by atoms with Gasteiger partial charge in [-0.25, -0.2) is 4.39 Å². The summed E-state index contributed by atoms with van der Waals surface area (Å²) in [6, 6.07) is 0. The number of carbonyl (C=O) groups is 2. The van der Waals surface area contributed by atoms with E-state index >= 15 is 0 Å². The van der Waals surface area contributed by atoms with Crippen LogP contribution in [0.3, 0.4) is 0 Å². The van der Waals surface area contributed by atoms with Gasteiger partial charge >= 0.3 is 18.0 Å². The molecule has 0 aromatic carbocycles. The van der Waals surface area contributed by atoms with Crippen molar-refractivity contribution in [3.63, 3.8) is 0 Å². The summed E-state index contributed by atoms with van der Waals surface area (Å²) in [4.78, 5) is 19.2. The number of ether oxygens (including phenoxy) is 5. The van der Waals surface area contributed by atoms with E-state index in [9.17, 15) is 27.2 Å². The van der Waals surface area contributed by atoms with Crippen molar-refractivity contribution in [3.8, 4) is 11.8 Å². The lowest BCUT2D eigenvalue weighted by atomic mass is 9.49. The van der Waals surface area contributed by atoms with Crippen LogP contribution in [-0.2, 0) is 33.3 Å². The fraction of sp³-hybridized carbons (Fsp3) is 0.838. The normalized spacial score (nSPS) is 21.4. The summed E-state index contributed by atoms with van der Waals surface area (Å²) in [6.07, 6.45) is 10.1. The highest BCUT2D eigenvalue weighted by atomic mass is 19.3. The van der Waals surface area contributed by atoms with Crippen molar-refractivity contribution in [2.75, 3.05) is 56.7 Å². The molecule has 0 unspecified atom stereocenters. The lowest BCUT2D eigenvalue weighted by Gasteiger charge is -2.56. The first-order valence-electron chi connectivity index (χ1n) is 16.0. The SMILES string of the molecule is CC#CC.CC1CC(C)C1.CC1CC2(C1)CC(C)C2.CC=CC.CF.COC.COC(C)(F)F.COC(C)=O.COC(C)=O.COCF. The number of hydrogen-bond acceptors (Lipinski definition) is 7. The molecule has 3 rings (SSSR count). The number of halogens is 4. The van der Waals surface area contributed by atoms with Gasteiger partial charge in [0.2, 0.25) is 0 Å². The molecule has 48 heavy (non-hydrogen) atoms. The second-order valence-corrected chi connectivity index (χ2v) is 11.6. The third-order valence-electron chi connectivity index (χ3n) is 6.36. The van der Waals surface area contributed by atoms with Crippen LogP contribution in [-0.4, -0.2) is 74.7 Å². The van der Waals surface area contributed by atoms with Gasteiger partial charge in [-0.2, -0.15) is 8.78 Å². The van der Waals surface area contributed by atoms with E-state index in [1.54, 1.807) is 14.2 Å². The molecule has 3 saturated carbocycles. The molecule has 3 fully saturated rings. The summed E-state index contributed by atoms with van der Waals surface area (Å²) >= 11 is 0. The number of allylic oxidation sites excluding steroid dienone is 2. The molecule has 0 amide bonds. The van der Waals surface area contributed by atoms with Crippen LogP contribution in [0.25, 0.3) is 0 Å². The Kier molecular flexibility index (Phi) is 57.1. The van der Waals surface area contributed by atoms with Gasteiger partial charge in [-0.3, -0.25) is 14.0 Å². The topological polar surface area (TPSA) is 80.3 Å². The molecule has 7 nitrogen and oxygen atoms in total. The van der Waals surface area contributed by atoms with Crippen molar-refractivity contribution in [1.29, 1.82) is 0 Å². The molecule has 1 spiro atoms. The van der Waals surface area contributed by atoms with Crippen LogP contribution >= 0.6 is 0 Å². The largest absolute Gasteiger partial charge is 0.469 e. The van der Waals surface area contributed by atoms with Crippen LogP contribution < -0.4 is 0 Å². The molecule has 11 heteroatoms. The van der Waals surface area contributed by atoms with Crippen molar-refractivity contribution in [2.24, 2.45) is 29.1 Å². The molecule has 0 bridgehead atoms. The summed E-state index contributed by atoms with van der Waals surface area (Å²) in [6.45, 7) is 19.8. The van der Waals surface area contributed by atoms with Gasteiger partial charge in [0.25, 0.3) is 0 Å². The first-order valence-corrected chi connectivity index (χ1v) is 16.0. The Balaban J connectivity index is -0.0000000800. The third kappa shape index (κ3) is 62.6. The molecule has 0 aromatic rings. The second-order valence-electron chi connectivity index (χ2n) is 11.6. The smallest absolute Gasteiger partial charge is 0.352 e. The monoisotopic (exact) mass is 707 g/mol. The van der Waals surface area contributed by atoms with Gasteiger partial charge in [0.05, 0.1) is 21.4 Å². The maximum absolute atomic E-state index is 11.2. The van der Waals surface area contributed by atoms with Crippen molar-refractivity contribution in [2.45, 2.75) is 121 Å². The fourth-order valence-corrected chi connectivity index (χ4v) is 4.48. The first-order chi connectivity index (χ1) is 22.2. The molecule has 0 aliphatic heterocycles. The van der Waals surface area contributed by atoms with E-state index < -0.39 is 13.0 Å². The second kappa shape index (κ2) is 44.8. The van der Waals surface area contributed by atoms with Crippen LogP contribution in [0.2, 0.25) is 0 Å². The van der Waals surface area contributed by atoms with Crippen molar-refractivity contribution >= 4 is 11.9 Å². The molecule has 0 aromatic heterocycles. The van der Waals surface area contributed by atoms with Gasteiger partial charge in [-0.1, -0.05) is 39.8 Å². The summed E-state index contributed by atoms with van der Waals surface area (Å²) in [5.41, 5.74) is 0.888. The maximum atomic E-state index is 11.2. The van der Waals surface area contributed by atoms with E-state index in [2.05, 4.69) is 63.2 Å². The molecule has 0 N–H and O–H groups in total. The minimum atomic E-state index is -2.96. The molecule has 0 radical (unpaired) electrons. The average Bonchev–Trinajstić information content (AvgIpc) is 3.01. The molecule has 0 atom stereocenters. The number of esters is 2. The number of alkyl halides is 4. The minimum Gasteiger partial charge on any atom is -0.469 e. The fourth-order valence-electron chi connectivity index (χ4n) is 4.48. The first kappa shape index (κ1) is 61.1. The summed E-state index contributed by atoms with van der Waals surface area (Å²) < 4.78 is 62.4. The van der Waals surface area contributed by atoms with Crippen LogP contribution in [0, 0.1) is 40.9 Å². The highest BCUT2D eigenvalue weighted by molar-refractivity contribution is 5.65. The van der Waals surface area contributed by atoms with E-state index in [-0.39, 0.29) is 11.9 Å². The van der Waals surface area contributed by atoms with Crippen LogP contribution in [0.5, 0.6) is 0 Å². The highest BCUT2D eigenvalue weighted by Crippen LogP contribution is 2.60. The third-order valence-corrected chi connectivity index (χ3v) is 6.36. The van der Waals surface area contributed by atoms with E-state index in [4.69, 9.17) is 0 Å². The zero-order valence-corrected chi connectivity index (χ0v) is 33.8. The zero-order chi connectivity index (χ0) is 39.8. The molecule has 0 saturated heterocycles. The Bertz CT molecular complexity index is 679. The van der Waals surface area contributed by atoms with Crippen molar-refractivity contribution in [1.82, 2.24) is 0 Å². The van der Waals surface area contributed by atoms with E-state index in [0.29, 0.717) is 14.1 Å². The van der Waals surface area contributed by atoms with Gasteiger partial charge in [0, 0.05) is 49.2 Å². The number of rotatable bonds is 2. The highest BCUT2D eigenvalue weighted by Gasteiger charge is 2.49. The lowest BCUT2D eigenvalue weighted by Crippen LogP contribution is -2.45. The minimum absolute atomic E-state index is 0.245. The molecule has 3 aliphatic carbocycles. The number of methoxy groups -OCH3 is 5. The standard InChI is InChI=1S/C9H16.C6H12.C4H8.C4H6.C3H6F2O.2C3H6O2.C2H5FO.C2H6O.CH3F/c1-7-3-9(4-7)5-8(2)6-9;1-5-3-6(2)4-5;2*1-3-4-2;1-3(4,5)6-2;2*1-3(4)5-2;1-4-2-3;1-3-2;1-2/h7-8H,3-6H2,1-2H3;5-6H,3-4H2,1-2H3;3-4H,1-2H3;1-2H3;1-2H3;2*1-2H3;2H2,1H3;1-2H3;1H3. The van der Waals surface area contributed by atoms with Gasteiger partial charge in [0.15, 0.2) is 6.86 Å². The van der Waals surface area contributed by atoms with E-state index in [1.807, 2.05) is 39.8 Å². The quantitative estimate of drug-likeness (QED) is 0.122. The molecule has 292 valence electrons. The summed E-state index contributed by atoms with van der Waals surface area (Å²) in [5, 5.41) is 0. The maximum Gasteiger partial charge on any atom is 0.352 e. The predicted octanol–water partition coefficient (Wildman–Crippen LogP) is 10.5. The van der Waals surface area contributed by atoms with Crippen LogP contribution in [0.15, 0.2) is 12.2 Å². The zero-order valence-electron chi connectivity index (χ0n) is 33.8. The Hall–Kier alpha value is -2.16. The van der Waals surface area contributed by atoms with E-state index in [1.165, 1.54) is 73.7 Å². The molecule has 3 aliphatic rings. The van der Waals surface area contributed by atoms with Crippen LogP contribution in [0.4, 0.5) is 17.6 Å². The molecular formula is C37H74F4O7. The summed E-state index contributed by atoms with van der Waals surface area (Å²) in [7, 11) is 8.71. The van der Waals surface area contributed by atoms with Crippen LogP contribution in [0.1, 0.15) is 115 Å². The lowest BCUT2D eigenvalue weighted by molar-refractivity contribution is -0.205. The Labute approximate surface area is 293 Å². The van der Waals surface area contributed by atoms with Gasteiger partial charge in [-0.15, -0.1) is 11.8 Å². The predicted molar refractivity (Wildman–Crippen MR) is 192 cm³/mol. The number of carbonyl (C=O) groups excluding carboxylic acids is 2. The van der Waals surface area contributed by atoms with Gasteiger partial charge < -0.3 is 23.7 Å². The Morgan fingerprint density at radius 1 is 0.729 bits per heavy atom. The van der Waals surface area contributed by atoms with Gasteiger partial charge in [-0.05, 0) is 95.3 Å². The summed E-state index contributed by atoms with van der Waals surface area (Å²) in [5.74, 6) is 9.06. The number of hydrogen-bond donors (Lipinski definition) is 0. The average molecular weight is 707 g/mol. The van der Waals surface area contributed by atoms with Gasteiger partial charge in [0.1, 0.15) is 0 Å². The van der Waals surface area contributed by atoms with Crippen molar-refractivity contribution < 1.29 is 50.8 Å². The molecular weight excluding hydrogens is 632 g/mol. The molecule has 0 heterocycles.